The second-order valence-corrected chi connectivity index (χ2v) is 8.71. The third-order valence-corrected chi connectivity index (χ3v) is 6.14. The lowest BCUT2D eigenvalue weighted by Crippen LogP contribution is -2.54. The van der Waals surface area contributed by atoms with Crippen molar-refractivity contribution < 1.29 is 22.3 Å². The molecule has 0 unspecified atom stereocenters. The number of rotatable bonds is 3. The summed E-state index contributed by atoms with van der Waals surface area (Å²) in [7, 11) is -3.04. The van der Waals surface area contributed by atoms with Crippen molar-refractivity contribution in [1.29, 1.82) is 0 Å². The molecule has 4 rings (SSSR count). The fourth-order valence-corrected chi connectivity index (χ4v) is 3.93. The standard InChI is InChI=1S/C17H15F2N3O3S/c1-26(24,25)13-8-21(9-13)11-2-4-12(5-3-11)22-16-10(7-20-22)6-14(18)17(23)15(16)19/h2-7,13,23H,8-9H2,1H3. The van der Waals surface area contributed by atoms with Crippen LogP contribution in [0.5, 0.6) is 5.75 Å². The van der Waals surface area contributed by atoms with E-state index in [-0.39, 0.29) is 16.2 Å². The molecule has 1 aliphatic heterocycles. The van der Waals surface area contributed by atoms with Crippen LogP contribution in [-0.2, 0) is 9.84 Å². The third kappa shape index (κ3) is 2.59. The molecule has 1 fully saturated rings. The Hall–Kier alpha value is -2.68. The van der Waals surface area contributed by atoms with Crippen molar-refractivity contribution in [1.82, 2.24) is 9.78 Å². The predicted octanol–water partition coefficient (Wildman–Crippen LogP) is 2.24. The molecule has 26 heavy (non-hydrogen) atoms. The normalized spacial score (nSPS) is 15.4. The molecule has 0 atom stereocenters. The number of benzene rings is 2. The zero-order chi connectivity index (χ0) is 18.6. The molecule has 3 aromatic rings. The lowest BCUT2D eigenvalue weighted by molar-refractivity contribution is 0.399. The Labute approximate surface area is 148 Å². The summed E-state index contributed by atoms with van der Waals surface area (Å²) in [6.07, 6.45) is 2.55. The Morgan fingerprint density at radius 1 is 1.15 bits per heavy atom. The van der Waals surface area contributed by atoms with E-state index in [9.17, 15) is 22.3 Å². The molecule has 0 bridgehead atoms. The van der Waals surface area contributed by atoms with Crippen molar-refractivity contribution in [3.05, 3.63) is 48.2 Å². The van der Waals surface area contributed by atoms with Gasteiger partial charge in [0.15, 0.2) is 27.2 Å². The monoisotopic (exact) mass is 379 g/mol. The first kappa shape index (κ1) is 16.8. The molecular weight excluding hydrogens is 364 g/mol. The number of phenols is 1. The first-order valence-corrected chi connectivity index (χ1v) is 9.80. The molecule has 136 valence electrons. The molecule has 0 radical (unpaired) electrons. The van der Waals surface area contributed by atoms with Crippen LogP contribution in [0.1, 0.15) is 0 Å². The van der Waals surface area contributed by atoms with Crippen LogP contribution in [-0.4, -0.2) is 47.9 Å². The van der Waals surface area contributed by atoms with E-state index in [2.05, 4.69) is 5.10 Å². The number of fused-ring (bicyclic) bond motifs is 1. The topological polar surface area (TPSA) is 75.4 Å². The smallest absolute Gasteiger partial charge is 0.194 e. The van der Waals surface area contributed by atoms with Gasteiger partial charge in [-0.15, -0.1) is 0 Å². The highest BCUT2D eigenvalue weighted by Crippen LogP contribution is 2.31. The molecule has 1 aliphatic rings. The van der Waals surface area contributed by atoms with Crippen molar-refractivity contribution in [3.63, 3.8) is 0 Å². The van der Waals surface area contributed by atoms with Gasteiger partial charge in [-0.25, -0.2) is 21.9 Å². The Kier molecular flexibility index (Phi) is 3.65. The van der Waals surface area contributed by atoms with Gasteiger partial charge in [-0.05, 0) is 30.3 Å². The van der Waals surface area contributed by atoms with E-state index in [0.717, 1.165) is 11.8 Å². The first-order chi connectivity index (χ1) is 12.3. The predicted molar refractivity (Wildman–Crippen MR) is 93.5 cm³/mol. The minimum atomic E-state index is -3.04. The first-order valence-electron chi connectivity index (χ1n) is 7.84. The van der Waals surface area contributed by atoms with E-state index in [1.807, 2.05) is 4.90 Å². The highest BCUT2D eigenvalue weighted by atomic mass is 32.2. The van der Waals surface area contributed by atoms with E-state index < -0.39 is 27.2 Å². The average molecular weight is 379 g/mol. The highest BCUT2D eigenvalue weighted by molar-refractivity contribution is 7.91. The van der Waals surface area contributed by atoms with Crippen LogP contribution in [0.25, 0.3) is 16.6 Å². The molecule has 2 aromatic carbocycles. The number of aromatic hydroxyl groups is 1. The fourth-order valence-electron chi connectivity index (χ4n) is 3.03. The zero-order valence-corrected chi connectivity index (χ0v) is 14.5. The fraction of sp³-hybridized carbons (Fsp3) is 0.235. The minimum Gasteiger partial charge on any atom is -0.503 e. The Balaban J connectivity index is 1.64. The van der Waals surface area contributed by atoms with Gasteiger partial charge in [0.25, 0.3) is 0 Å². The second-order valence-electron chi connectivity index (χ2n) is 6.39. The molecule has 2 heterocycles. The Bertz CT molecular complexity index is 1100. The van der Waals surface area contributed by atoms with Crippen LogP contribution in [0.3, 0.4) is 0 Å². The SMILES string of the molecule is CS(=O)(=O)C1CN(c2ccc(-n3ncc4cc(F)c(O)c(F)c43)cc2)C1. The summed E-state index contributed by atoms with van der Waals surface area (Å²) >= 11 is 0. The van der Waals surface area contributed by atoms with E-state index >= 15 is 0 Å². The number of halogens is 2. The van der Waals surface area contributed by atoms with Gasteiger partial charge in [-0.3, -0.25) is 0 Å². The molecular formula is C17H15F2N3O3S. The Morgan fingerprint density at radius 2 is 1.77 bits per heavy atom. The molecule has 6 nitrogen and oxygen atoms in total. The van der Waals surface area contributed by atoms with Crippen LogP contribution < -0.4 is 4.90 Å². The zero-order valence-electron chi connectivity index (χ0n) is 13.7. The van der Waals surface area contributed by atoms with Gasteiger partial charge >= 0.3 is 0 Å². The van der Waals surface area contributed by atoms with Gasteiger partial charge in [0, 0.05) is 30.4 Å². The summed E-state index contributed by atoms with van der Waals surface area (Å²) in [6, 6.07) is 7.99. The summed E-state index contributed by atoms with van der Waals surface area (Å²) in [4.78, 5) is 1.93. The van der Waals surface area contributed by atoms with Crippen molar-refractivity contribution in [2.75, 3.05) is 24.2 Å². The maximum atomic E-state index is 14.2. The summed E-state index contributed by atoms with van der Waals surface area (Å²) in [5.41, 5.74) is 1.37. The van der Waals surface area contributed by atoms with Crippen molar-refractivity contribution in [2.24, 2.45) is 0 Å². The summed E-state index contributed by atoms with van der Waals surface area (Å²) in [6.45, 7) is 0.870. The number of sulfone groups is 1. The van der Waals surface area contributed by atoms with Crippen molar-refractivity contribution >= 4 is 26.4 Å². The number of nitrogens with zero attached hydrogens (tertiary/aromatic N) is 3. The molecule has 0 spiro atoms. The van der Waals surface area contributed by atoms with E-state index in [1.54, 1.807) is 24.3 Å². The maximum absolute atomic E-state index is 14.2. The number of hydrogen-bond acceptors (Lipinski definition) is 5. The molecule has 1 N–H and O–H groups in total. The minimum absolute atomic E-state index is 0.0160. The van der Waals surface area contributed by atoms with Crippen LogP contribution in [0, 0.1) is 11.6 Å². The maximum Gasteiger partial charge on any atom is 0.194 e. The molecule has 9 heteroatoms. The average Bonchev–Trinajstić information content (AvgIpc) is 2.94. The van der Waals surface area contributed by atoms with Crippen LogP contribution in [0.15, 0.2) is 36.5 Å². The lowest BCUT2D eigenvalue weighted by Gasteiger charge is -2.39. The van der Waals surface area contributed by atoms with Gasteiger partial charge in [-0.1, -0.05) is 0 Å². The summed E-state index contributed by atoms with van der Waals surface area (Å²) < 4.78 is 52.0. The lowest BCUT2D eigenvalue weighted by atomic mass is 10.1. The van der Waals surface area contributed by atoms with E-state index in [4.69, 9.17) is 0 Å². The number of hydrogen-bond donors (Lipinski definition) is 1. The molecule has 0 saturated carbocycles. The largest absolute Gasteiger partial charge is 0.503 e. The second kappa shape index (κ2) is 5.66. The van der Waals surface area contributed by atoms with Gasteiger partial charge < -0.3 is 10.0 Å². The highest BCUT2D eigenvalue weighted by Gasteiger charge is 2.34. The van der Waals surface area contributed by atoms with Gasteiger partial charge in [0.1, 0.15) is 5.52 Å². The number of aromatic nitrogens is 2. The van der Waals surface area contributed by atoms with E-state index in [1.165, 1.54) is 17.1 Å². The summed E-state index contributed by atoms with van der Waals surface area (Å²) in [5.74, 6) is -3.15. The van der Waals surface area contributed by atoms with Gasteiger partial charge in [0.2, 0.25) is 0 Å². The van der Waals surface area contributed by atoms with Gasteiger partial charge in [0.05, 0.1) is 17.1 Å². The van der Waals surface area contributed by atoms with E-state index in [0.29, 0.717) is 18.8 Å². The number of phenolic OH excluding ortho intramolecular Hbond substituents is 1. The number of anilines is 1. The third-order valence-electron chi connectivity index (χ3n) is 4.63. The Morgan fingerprint density at radius 3 is 2.38 bits per heavy atom. The molecule has 0 aliphatic carbocycles. The van der Waals surface area contributed by atoms with Crippen LogP contribution in [0.2, 0.25) is 0 Å². The molecule has 0 amide bonds. The van der Waals surface area contributed by atoms with Crippen LogP contribution in [0.4, 0.5) is 14.5 Å². The quantitative estimate of drug-likeness (QED) is 0.755. The molecule has 1 aromatic heterocycles. The van der Waals surface area contributed by atoms with Gasteiger partial charge in [-0.2, -0.15) is 5.10 Å². The summed E-state index contributed by atoms with van der Waals surface area (Å²) in [5, 5.41) is 13.4. The van der Waals surface area contributed by atoms with Crippen LogP contribution >= 0.6 is 0 Å². The molecule has 1 saturated heterocycles. The van der Waals surface area contributed by atoms with Crippen molar-refractivity contribution in [3.8, 4) is 11.4 Å². The van der Waals surface area contributed by atoms with Crippen molar-refractivity contribution in [2.45, 2.75) is 5.25 Å².